The van der Waals surface area contributed by atoms with Gasteiger partial charge in [0.05, 0.1) is 6.61 Å². The molecule has 0 aliphatic carbocycles. The van der Waals surface area contributed by atoms with Crippen LogP contribution in [0.5, 0.6) is 0 Å². The van der Waals surface area contributed by atoms with Crippen LogP contribution in [-0.4, -0.2) is 20.6 Å². The van der Waals surface area contributed by atoms with E-state index >= 15 is 0 Å². The minimum atomic E-state index is -2.60. The molecule has 2 aromatic carbocycles. The van der Waals surface area contributed by atoms with Crippen LogP contribution < -0.4 is 10.4 Å². The fourth-order valence-electron chi connectivity index (χ4n) is 3.04. The normalized spacial score (nSPS) is 13.1. The van der Waals surface area contributed by atoms with E-state index in [4.69, 9.17) is 4.43 Å². The van der Waals surface area contributed by atoms with Gasteiger partial charge in [-0.1, -0.05) is 81.4 Å². The minimum absolute atomic E-state index is 0.0975. The largest absolute Gasteiger partial charge is 0.404 e. The van der Waals surface area contributed by atoms with Crippen LogP contribution >= 0.6 is 0 Å². The third-order valence-corrected chi connectivity index (χ3v) is 9.03. The van der Waals surface area contributed by atoms with Gasteiger partial charge in [0, 0.05) is 0 Å². The lowest BCUT2D eigenvalue weighted by Gasteiger charge is -2.43. The Morgan fingerprint density at radius 1 is 0.783 bits per heavy atom. The second-order valence-corrected chi connectivity index (χ2v) is 12.0. The van der Waals surface area contributed by atoms with Gasteiger partial charge in [0.2, 0.25) is 0 Å². The quantitative estimate of drug-likeness (QED) is 0.742. The van der Waals surface area contributed by atoms with Crippen molar-refractivity contribution in [2.24, 2.45) is 0 Å². The van der Waals surface area contributed by atoms with Crippen LogP contribution in [0.3, 0.4) is 0 Å². The molecule has 0 radical (unpaired) electrons. The zero-order valence-corrected chi connectivity index (χ0v) is 15.8. The SMILES string of the molecule is CC(C)(F)CO[Si](c1ccccc1)(c1ccccc1)C(C)(C)C. The van der Waals surface area contributed by atoms with E-state index in [0.717, 1.165) is 0 Å². The molecule has 0 aliphatic heterocycles. The van der Waals surface area contributed by atoms with Gasteiger partial charge in [-0.05, 0) is 29.3 Å². The van der Waals surface area contributed by atoms with Crippen molar-refractivity contribution in [1.29, 1.82) is 0 Å². The number of hydrogen-bond acceptors (Lipinski definition) is 1. The predicted molar refractivity (Wildman–Crippen MR) is 98.8 cm³/mol. The molecule has 2 rings (SSSR count). The Labute approximate surface area is 140 Å². The second kappa shape index (κ2) is 6.58. The molecule has 0 atom stereocenters. The molecule has 0 saturated carbocycles. The van der Waals surface area contributed by atoms with E-state index in [0.29, 0.717) is 0 Å². The molecule has 3 heteroatoms. The molecule has 0 N–H and O–H groups in total. The summed E-state index contributed by atoms with van der Waals surface area (Å²) in [5, 5.41) is 2.26. The topological polar surface area (TPSA) is 9.23 Å². The molecule has 23 heavy (non-hydrogen) atoms. The van der Waals surface area contributed by atoms with E-state index in [2.05, 4.69) is 45.0 Å². The van der Waals surface area contributed by atoms with Crippen molar-refractivity contribution in [1.82, 2.24) is 0 Å². The highest BCUT2D eigenvalue weighted by Crippen LogP contribution is 2.37. The highest BCUT2D eigenvalue weighted by molar-refractivity contribution is 6.99. The molecule has 0 saturated heterocycles. The fraction of sp³-hybridized carbons (Fsp3) is 0.400. The molecule has 0 spiro atoms. The lowest BCUT2D eigenvalue weighted by Crippen LogP contribution is -2.67. The summed E-state index contributed by atoms with van der Waals surface area (Å²) in [5.41, 5.74) is -1.35. The molecular formula is C20H27FOSi. The van der Waals surface area contributed by atoms with Gasteiger partial charge in [0.1, 0.15) is 5.67 Å². The summed E-state index contributed by atoms with van der Waals surface area (Å²) in [6, 6.07) is 20.7. The molecule has 0 aromatic heterocycles. The van der Waals surface area contributed by atoms with Gasteiger partial charge in [0.25, 0.3) is 8.32 Å². The maximum absolute atomic E-state index is 14.2. The summed E-state index contributed by atoms with van der Waals surface area (Å²) in [6.45, 7) is 9.84. The maximum Gasteiger partial charge on any atom is 0.261 e. The number of alkyl halides is 1. The molecule has 0 aliphatic rings. The van der Waals surface area contributed by atoms with Crippen molar-refractivity contribution in [2.45, 2.75) is 45.3 Å². The average Bonchev–Trinajstić information content (AvgIpc) is 2.47. The van der Waals surface area contributed by atoms with Gasteiger partial charge >= 0.3 is 0 Å². The van der Waals surface area contributed by atoms with Crippen molar-refractivity contribution < 1.29 is 8.82 Å². The first-order chi connectivity index (χ1) is 10.7. The Bertz CT molecular complexity index is 572. The lowest BCUT2D eigenvalue weighted by molar-refractivity contribution is 0.114. The van der Waals surface area contributed by atoms with Crippen LogP contribution in [0.1, 0.15) is 34.6 Å². The minimum Gasteiger partial charge on any atom is -0.404 e. The predicted octanol–water partition coefficient (Wildman–Crippen LogP) is 4.31. The Kier molecular flexibility index (Phi) is 5.12. The highest BCUT2D eigenvalue weighted by Gasteiger charge is 2.50. The van der Waals surface area contributed by atoms with E-state index in [-0.39, 0.29) is 11.6 Å². The molecule has 2 aromatic rings. The van der Waals surface area contributed by atoms with E-state index in [1.54, 1.807) is 13.8 Å². The first-order valence-electron chi connectivity index (χ1n) is 8.11. The second-order valence-electron chi connectivity index (χ2n) is 7.67. The third kappa shape index (κ3) is 3.90. The van der Waals surface area contributed by atoms with Crippen LogP contribution in [0.25, 0.3) is 0 Å². The van der Waals surface area contributed by atoms with Crippen molar-refractivity contribution in [3.8, 4) is 0 Å². The Morgan fingerprint density at radius 3 is 1.48 bits per heavy atom. The molecule has 0 fully saturated rings. The van der Waals surface area contributed by atoms with Gasteiger partial charge in [-0.2, -0.15) is 0 Å². The summed E-state index contributed by atoms with van der Waals surface area (Å²) in [7, 11) is -2.60. The zero-order chi connectivity index (χ0) is 17.1. The molecule has 0 heterocycles. The molecular weight excluding hydrogens is 303 g/mol. The standard InChI is InChI=1S/C20H27FOSi/c1-19(2,3)23(22-16-20(4,5)21,17-12-8-6-9-13-17)18-14-10-7-11-15-18/h6-15H,16H2,1-5H3. The Balaban J connectivity index is 2.65. The first kappa shape index (κ1) is 17.9. The Hall–Kier alpha value is -1.45. The van der Waals surface area contributed by atoms with Gasteiger partial charge in [-0.15, -0.1) is 0 Å². The summed E-state index contributed by atoms with van der Waals surface area (Å²) >= 11 is 0. The molecule has 0 unspecified atom stereocenters. The first-order valence-corrected chi connectivity index (χ1v) is 10.0. The number of halogens is 1. The summed E-state index contributed by atoms with van der Waals surface area (Å²) < 4.78 is 20.7. The van der Waals surface area contributed by atoms with Crippen LogP contribution in [0.2, 0.25) is 5.04 Å². The van der Waals surface area contributed by atoms with E-state index in [1.165, 1.54) is 10.4 Å². The maximum atomic E-state index is 14.2. The monoisotopic (exact) mass is 330 g/mol. The fourth-order valence-corrected chi connectivity index (χ4v) is 7.76. The van der Waals surface area contributed by atoms with Crippen LogP contribution in [0.4, 0.5) is 4.39 Å². The van der Waals surface area contributed by atoms with Crippen molar-refractivity contribution in [3.63, 3.8) is 0 Å². The van der Waals surface area contributed by atoms with Gasteiger partial charge in [-0.25, -0.2) is 4.39 Å². The van der Waals surface area contributed by atoms with Crippen molar-refractivity contribution in [2.75, 3.05) is 6.61 Å². The molecule has 124 valence electrons. The molecule has 1 nitrogen and oxygen atoms in total. The zero-order valence-electron chi connectivity index (χ0n) is 14.8. The van der Waals surface area contributed by atoms with Crippen molar-refractivity contribution in [3.05, 3.63) is 60.7 Å². The molecule has 0 bridgehead atoms. The third-order valence-electron chi connectivity index (χ3n) is 4.05. The van der Waals surface area contributed by atoms with Crippen LogP contribution in [-0.2, 0) is 4.43 Å². The van der Waals surface area contributed by atoms with E-state index < -0.39 is 14.0 Å². The highest BCUT2D eigenvalue weighted by atomic mass is 28.4. The average molecular weight is 331 g/mol. The van der Waals surface area contributed by atoms with Gasteiger partial charge < -0.3 is 4.43 Å². The van der Waals surface area contributed by atoms with Gasteiger partial charge in [-0.3, -0.25) is 0 Å². The summed E-state index contributed by atoms with van der Waals surface area (Å²) in [6.07, 6.45) is 0. The number of benzene rings is 2. The van der Waals surface area contributed by atoms with Gasteiger partial charge in [0.15, 0.2) is 0 Å². The van der Waals surface area contributed by atoms with Crippen molar-refractivity contribution >= 4 is 18.7 Å². The van der Waals surface area contributed by atoms with E-state index in [9.17, 15) is 4.39 Å². The van der Waals surface area contributed by atoms with E-state index in [1.807, 2.05) is 36.4 Å². The summed E-state index contributed by atoms with van der Waals surface area (Å²) in [5.74, 6) is 0. The Morgan fingerprint density at radius 2 is 1.17 bits per heavy atom. The summed E-state index contributed by atoms with van der Waals surface area (Å²) in [4.78, 5) is 0. The lowest BCUT2D eigenvalue weighted by atomic mass is 10.2. The smallest absolute Gasteiger partial charge is 0.261 e. The van der Waals surface area contributed by atoms with Crippen LogP contribution in [0.15, 0.2) is 60.7 Å². The number of rotatable bonds is 5. The van der Waals surface area contributed by atoms with Crippen LogP contribution in [0, 0.1) is 0 Å². The molecule has 0 amide bonds. The number of hydrogen-bond donors (Lipinski definition) is 0.